The second kappa shape index (κ2) is 4.93. The van der Waals surface area contributed by atoms with E-state index < -0.39 is 0 Å². The Morgan fingerprint density at radius 2 is 2.41 bits per heavy atom. The fourth-order valence-corrected chi connectivity index (χ4v) is 2.40. The molecule has 0 aliphatic carbocycles. The summed E-state index contributed by atoms with van der Waals surface area (Å²) in [6.45, 7) is 3.65. The molecule has 0 saturated carbocycles. The summed E-state index contributed by atoms with van der Waals surface area (Å²) < 4.78 is 5.35. The van der Waals surface area contributed by atoms with Crippen molar-refractivity contribution in [3.8, 4) is 0 Å². The molecular formula is C11H12N2O2S2. The summed E-state index contributed by atoms with van der Waals surface area (Å²) in [7, 11) is 0. The number of nitrogens with one attached hydrogen (secondary N) is 1. The Hall–Kier alpha value is -1.27. The van der Waals surface area contributed by atoms with Crippen LogP contribution in [0.2, 0.25) is 0 Å². The molecule has 1 unspecified atom stereocenters. The van der Waals surface area contributed by atoms with E-state index in [-0.39, 0.29) is 11.9 Å². The van der Waals surface area contributed by atoms with Crippen LogP contribution < -0.4 is 5.32 Å². The lowest BCUT2D eigenvalue weighted by atomic mass is 10.3. The maximum atomic E-state index is 11.8. The number of hydrogen-bond acceptors (Lipinski definition) is 5. The van der Waals surface area contributed by atoms with Gasteiger partial charge in [-0.3, -0.25) is 4.79 Å². The van der Waals surface area contributed by atoms with E-state index in [9.17, 15) is 4.79 Å². The molecule has 90 valence electrons. The van der Waals surface area contributed by atoms with Gasteiger partial charge in [0, 0.05) is 10.3 Å². The lowest BCUT2D eigenvalue weighted by molar-refractivity contribution is 0.0938. The average Bonchev–Trinajstić information content (AvgIpc) is 2.87. The first kappa shape index (κ1) is 12.2. The van der Waals surface area contributed by atoms with Crippen molar-refractivity contribution in [3.63, 3.8) is 0 Å². The van der Waals surface area contributed by atoms with E-state index in [1.54, 1.807) is 12.3 Å². The summed E-state index contributed by atoms with van der Waals surface area (Å²) in [5.74, 6) is 1.10. The fraction of sp³-hybridized carbons (Fsp3) is 0.273. The minimum absolute atomic E-state index is 0.140. The van der Waals surface area contributed by atoms with E-state index in [4.69, 9.17) is 4.42 Å². The SMILES string of the molecule is Cc1cnc(C(C)NC(=O)c2cc(S)cs2)o1. The first-order chi connectivity index (χ1) is 8.06. The van der Waals surface area contributed by atoms with E-state index in [0.29, 0.717) is 10.8 Å². The number of carbonyl (C=O) groups excluding carboxylic acids is 1. The molecule has 17 heavy (non-hydrogen) atoms. The van der Waals surface area contributed by atoms with Crippen LogP contribution in [0, 0.1) is 6.92 Å². The molecule has 2 aromatic rings. The molecule has 0 radical (unpaired) electrons. The highest BCUT2D eigenvalue weighted by molar-refractivity contribution is 7.80. The van der Waals surface area contributed by atoms with Crippen molar-refractivity contribution < 1.29 is 9.21 Å². The van der Waals surface area contributed by atoms with Crippen molar-refractivity contribution in [2.24, 2.45) is 0 Å². The van der Waals surface area contributed by atoms with Crippen LogP contribution in [0.3, 0.4) is 0 Å². The molecule has 1 amide bonds. The monoisotopic (exact) mass is 268 g/mol. The third-order valence-electron chi connectivity index (χ3n) is 2.17. The molecule has 2 heterocycles. The zero-order chi connectivity index (χ0) is 12.4. The quantitative estimate of drug-likeness (QED) is 0.842. The van der Waals surface area contributed by atoms with Crippen LogP contribution in [0.4, 0.5) is 0 Å². The summed E-state index contributed by atoms with van der Waals surface area (Å²) in [5.41, 5.74) is 0. The molecule has 1 atom stereocenters. The van der Waals surface area contributed by atoms with Crippen LogP contribution in [0.5, 0.6) is 0 Å². The van der Waals surface area contributed by atoms with Crippen LogP contribution in [0.1, 0.15) is 34.3 Å². The topological polar surface area (TPSA) is 55.1 Å². The Labute approximate surface area is 108 Å². The van der Waals surface area contributed by atoms with Gasteiger partial charge in [-0.25, -0.2) is 4.98 Å². The minimum atomic E-state index is -0.248. The first-order valence-corrected chi connectivity index (χ1v) is 6.39. The molecule has 0 saturated heterocycles. The van der Waals surface area contributed by atoms with Crippen molar-refractivity contribution in [1.29, 1.82) is 0 Å². The van der Waals surface area contributed by atoms with Crippen LogP contribution in [0.25, 0.3) is 0 Å². The Morgan fingerprint density at radius 1 is 1.65 bits per heavy atom. The Morgan fingerprint density at radius 3 is 2.94 bits per heavy atom. The lowest BCUT2D eigenvalue weighted by Crippen LogP contribution is -2.26. The number of hydrogen-bond donors (Lipinski definition) is 2. The van der Waals surface area contributed by atoms with Gasteiger partial charge in [0.1, 0.15) is 11.8 Å². The fourth-order valence-electron chi connectivity index (χ4n) is 1.35. The van der Waals surface area contributed by atoms with Crippen LogP contribution in [0.15, 0.2) is 27.0 Å². The highest BCUT2D eigenvalue weighted by Gasteiger charge is 2.16. The number of nitrogens with zero attached hydrogens (tertiary/aromatic N) is 1. The standard InChI is InChI=1S/C11H12N2O2S2/c1-6-4-12-11(15-6)7(2)13-10(14)9-3-8(16)5-17-9/h3-5,7,16H,1-2H3,(H,13,14). The van der Waals surface area contributed by atoms with Gasteiger partial charge in [0.05, 0.1) is 11.1 Å². The van der Waals surface area contributed by atoms with Crippen molar-refractivity contribution >= 4 is 29.9 Å². The summed E-state index contributed by atoms with van der Waals surface area (Å²) in [6.07, 6.45) is 1.63. The zero-order valence-corrected chi connectivity index (χ0v) is 11.1. The molecule has 0 aliphatic rings. The Bertz CT molecular complexity index is 533. The predicted octanol–water partition coefficient (Wildman–Crippen LogP) is 2.82. The summed E-state index contributed by atoms with van der Waals surface area (Å²) in [5, 5.41) is 4.64. The molecule has 6 heteroatoms. The molecule has 2 aromatic heterocycles. The molecule has 2 rings (SSSR count). The van der Waals surface area contributed by atoms with Gasteiger partial charge in [0.15, 0.2) is 0 Å². The third kappa shape index (κ3) is 2.89. The predicted molar refractivity (Wildman–Crippen MR) is 68.7 cm³/mol. The number of aromatic nitrogens is 1. The molecule has 0 bridgehead atoms. The minimum Gasteiger partial charge on any atom is -0.444 e. The van der Waals surface area contributed by atoms with Crippen molar-refractivity contribution in [1.82, 2.24) is 10.3 Å². The van der Waals surface area contributed by atoms with Crippen LogP contribution in [-0.4, -0.2) is 10.9 Å². The first-order valence-electron chi connectivity index (χ1n) is 5.07. The number of thiophene rings is 1. The highest BCUT2D eigenvalue weighted by atomic mass is 32.1. The van der Waals surface area contributed by atoms with E-state index in [2.05, 4.69) is 22.9 Å². The maximum Gasteiger partial charge on any atom is 0.262 e. The van der Waals surface area contributed by atoms with Gasteiger partial charge in [-0.1, -0.05) is 0 Å². The molecular weight excluding hydrogens is 256 g/mol. The number of carbonyl (C=O) groups is 1. The van der Waals surface area contributed by atoms with Gasteiger partial charge in [0.2, 0.25) is 5.89 Å². The molecule has 4 nitrogen and oxygen atoms in total. The van der Waals surface area contributed by atoms with Crippen LogP contribution in [-0.2, 0) is 0 Å². The number of thiol groups is 1. The van der Waals surface area contributed by atoms with Crippen molar-refractivity contribution in [3.05, 3.63) is 34.2 Å². The Balaban J connectivity index is 2.04. The molecule has 0 fully saturated rings. The van der Waals surface area contributed by atoms with Crippen molar-refractivity contribution in [2.75, 3.05) is 0 Å². The van der Waals surface area contributed by atoms with Crippen LogP contribution >= 0.6 is 24.0 Å². The van der Waals surface area contributed by atoms with Gasteiger partial charge in [-0.2, -0.15) is 0 Å². The van der Waals surface area contributed by atoms with Gasteiger partial charge in [0.25, 0.3) is 5.91 Å². The number of oxazole rings is 1. The van der Waals surface area contributed by atoms with E-state index in [0.717, 1.165) is 10.7 Å². The van der Waals surface area contributed by atoms with Gasteiger partial charge < -0.3 is 9.73 Å². The number of rotatable bonds is 3. The van der Waals surface area contributed by atoms with Gasteiger partial charge >= 0.3 is 0 Å². The largest absolute Gasteiger partial charge is 0.444 e. The zero-order valence-electron chi connectivity index (χ0n) is 9.43. The maximum absolute atomic E-state index is 11.8. The van der Waals surface area contributed by atoms with Gasteiger partial charge in [-0.15, -0.1) is 24.0 Å². The van der Waals surface area contributed by atoms with E-state index in [1.165, 1.54) is 11.3 Å². The lowest BCUT2D eigenvalue weighted by Gasteiger charge is -2.08. The molecule has 0 aromatic carbocycles. The average molecular weight is 268 g/mol. The molecule has 0 spiro atoms. The van der Waals surface area contributed by atoms with E-state index in [1.807, 2.05) is 19.2 Å². The number of aryl methyl sites for hydroxylation is 1. The highest BCUT2D eigenvalue weighted by Crippen LogP contribution is 2.19. The Kier molecular flexibility index (Phi) is 3.54. The molecule has 1 N–H and O–H groups in total. The van der Waals surface area contributed by atoms with E-state index >= 15 is 0 Å². The second-order valence-corrected chi connectivity index (χ2v) is 5.10. The summed E-state index contributed by atoms with van der Waals surface area (Å²) in [4.78, 5) is 17.3. The van der Waals surface area contributed by atoms with Gasteiger partial charge in [-0.05, 0) is 19.9 Å². The smallest absolute Gasteiger partial charge is 0.262 e. The summed E-state index contributed by atoms with van der Waals surface area (Å²) >= 11 is 5.52. The van der Waals surface area contributed by atoms with Crippen molar-refractivity contribution in [2.45, 2.75) is 24.8 Å². The molecule has 0 aliphatic heterocycles. The third-order valence-corrected chi connectivity index (χ3v) is 3.53. The number of amides is 1. The normalized spacial score (nSPS) is 12.4. The second-order valence-electron chi connectivity index (χ2n) is 3.67. The summed E-state index contributed by atoms with van der Waals surface area (Å²) in [6, 6.07) is 1.48.